The number of nitrogens with one attached hydrogen (secondary N) is 3. The lowest BCUT2D eigenvalue weighted by Gasteiger charge is -2.13. The van der Waals surface area contributed by atoms with Gasteiger partial charge in [-0.1, -0.05) is 24.3 Å². The molecule has 0 bridgehead atoms. The molecule has 8 nitrogen and oxygen atoms in total. The molecule has 2 aromatic carbocycles. The Kier molecular flexibility index (Phi) is 6.67. The molecule has 0 aliphatic carbocycles. The molecule has 2 aromatic rings. The van der Waals surface area contributed by atoms with Gasteiger partial charge in [-0.15, -0.1) is 0 Å². The topological polar surface area (TPSA) is 101 Å². The zero-order valence-corrected chi connectivity index (χ0v) is 15.9. The van der Waals surface area contributed by atoms with Crippen LogP contribution in [-0.2, 0) is 12.8 Å². The molecule has 3 rings (SSSR count). The number of fused-ring (bicyclic) bond motifs is 1. The van der Waals surface area contributed by atoms with Gasteiger partial charge in [-0.25, -0.2) is 0 Å². The van der Waals surface area contributed by atoms with Gasteiger partial charge in [0.25, 0.3) is 5.69 Å². The van der Waals surface area contributed by atoms with E-state index in [1.54, 1.807) is 25.2 Å². The first kappa shape index (κ1) is 19.5. The molecule has 8 heteroatoms. The van der Waals surface area contributed by atoms with Crippen LogP contribution in [0.15, 0.2) is 47.5 Å². The maximum Gasteiger partial charge on any atom is 0.292 e. The largest absolute Gasteiger partial charge is 0.493 e. The fourth-order valence-corrected chi connectivity index (χ4v) is 3.10. The third-order valence-corrected chi connectivity index (χ3v) is 4.52. The van der Waals surface area contributed by atoms with E-state index in [9.17, 15) is 10.1 Å². The molecular formula is C20H25N5O3. The molecule has 0 atom stereocenters. The maximum atomic E-state index is 11.0. The quantitative estimate of drug-likeness (QED) is 0.213. The molecule has 0 fully saturated rings. The summed E-state index contributed by atoms with van der Waals surface area (Å²) in [6, 6.07) is 13.0. The summed E-state index contributed by atoms with van der Waals surface area (Å²) in [6.45, 7) is 2.66. The second kappa shape index (κ2) is 9.59. The SMILES string of the molecule is CN=C(NCCNc1ccccc1[N+](=O)[O-])NCCc1ccc2c(c1)CCO2. The Morgan fingerprint density at radius 3 is 2.82 bits per heavy atom. The molecule has 1 aliphatic heterocycles. The van der Waals surface area contributed by atoms with Crippen molar-refractivity contribution in [1.82, 2.24) is 10.6 Å². The third kappa shape index (κ3) is 5.12. The Hall–Kier alpha value is -3.29. The van der Waals surface area contributed by atoms with E-state index < -0.39 is 0 Å². The van der Waals surface area contributed by atoms with Crippen molar-refractivity contribution in [2.24, 2.45) is 4.99 Å². The number of guanidine groups is 1. The van der Waals surface area contributed by atoms with Crippen molar-refractivity contribution < 1.29 is 9.66 Å². The van der Waals surface area contributed by atoms with Gasteiger partial charge in [-0.3, -0.25) is 15.1 Å². The van der Waals surface area contributed by atoms with Crippen LogP contribution in [0.25, 0.3) is 0 Å². The Morgan fingerprint density at radius 2 is 2.00 bits per heavy atom. The molecule has 0 spiro atoms. The van der Waals surface area contributed by atoms with Crippen LogP contribution in [-0.4, -0.2) is 44.2 Å². The van der Waals surface area contributed by atoms with Crippen molar-refractivity contribution in [3.63, 3.8) is 0 Å². The maximum absolute atomic E-state index is 11.0. The summed E-state index contributed by atoms with van der Waals surface area (Å²) in [5, 5.41) is 20.6. The average molecular weight is 383 g/mol. The molecule has 0 radical (unpaired) electrons. The lowest BCUT2D eigenvalue weighted by molar-refractivity contribution is -0.384. The summed E-state index contributed by atoms with van der Waals surface area (Å²) in [6.07, 6.45) is 1.87. The van der Waals surface area contributed by atoms with Crippen molar-refractivity contribution in [2.45, 2.75) is 12.8 Å². The molecule has 1 heterocycles. The minimum Gasteiger partial charge on any atom is -0.493 e. The summed E-state index contributed by atoms with van der Waals surface area (Å²) >= 11 is 0. The summed E-state index contributed by atoms with van der Waals surface area (Å²) < 4.78 is 5.53. The van der Waals surface area contributed by atoms with Crippen molar-refractivity contribution >= 4 is 17.3 Å². The number of nitro groups is 1. The second-order valence-corrected chi connectivity index (χ2v) is 6.42. The summed E-state index contributed by atoms with van der Waals surface area (Å²) in [4.78, 5) is 14.8. The smallest absolute Gasteiger partial charge is 0.292 e. The first-order valence-corrected chi connectivity index (χ1v) is 9.34. The van der Waals surface area contributed by atoms with Crippen LogP contribution < -0.4 is 20.7 Å². The van der Waals surface area contributed by atoms with E-state index in [1.807, 2.05) is 6.07 Å². The zero-order valence-electron chi connectivity index (χ0n) is 15.9. The monoisotopic (exact) mass is 383 g/mol. The second-order valence-electron chi connectivity index (χ2n) is 6.42. The molecule has 0 amide bonds. The van der Waals surface area contributed by atoms with Crippen molar-refractivity contribution in [1.29, 1.82) is 0 Å². The van der Waals surface area contributed by atoms with E-state index in [1.165, 1.54) is 17.2 Å². The Bertz CT molecular complexity index is 853. The van der Waals surface area contributed by atoms with Crippen molar-refractivity contribution in [2.75, 3.05) is 38.6 Å². The van der Waals surface area contributed by atoms with Crippen LogP contribution in [0, 0.1) is 10.1 Å². The first-order chi connectivity index (χ1) is 13.7. The standard InChI is InChI=1S/C20H25N5O3/c1-21-20(23-10-8-15-6-7-19-16(14-15)9-13-28-19)24-12-11-22-17-4-2-3-5-18(17)25(26)27/h2-7,14,22H,8-13H2,1H3,(H2,21,23,24). The number of nitro benzene ring substituents is 1. The highest BCUT2D eigenvalue weighted by Crippen LogP contribution is 2.26. The number of rotatable bonds is 8. The molecule has 148 valence electrons. The van der Waals surface area contributed by atoms with E-state index in [2.05, 4.69) is 33.1 Å². The van der Waals surface area contributed by atoms with Crippen LogP contribution in [0.1, 0.15) is 11.1 Å². The van der Waals surface area contributed by atoms with Gasteiger partial charge in [-0.05, 0) is 29.7 Å². The van der Waals surface area contributed by atoms with Gasteiger partial charge in [0, 0.05) is 39.2 Å². The number of nitrogens with zero attached hydrogens (tertiary/aromatic N) is 2. The molecule has 28 heavy (non-hydrogen) atoms. The first-order valence-electron chi connectivity index (χ1n) is 9.34. The van der Waals surface area contributed by atoms with Gasteiger partial charge in [-0.2, -0.15) is 0 Å². The van der Waals surface area contributed by atoms with Gasteiger partial charge in [0.15, 0.2) is 5.96 Å². The molecule has 3 N–H and O–H groups in total. The minimum absolute atomic E-state index is 0.0738. The highest BCUT2D eigenvalue weighted by molar-refractivity contribution is 5.79. The molecule has 0 unspecified atom stereocenters. The van der Waals surface area contributed by atoms with E-state index in [-0.39, 0.29) is 10.6 Å². The third-order valence-electron chi connectivity index (χ3n) is 4.52. The van der Waals surface area contributed by atoms with Gasteiger partial charge < -0.3 is 20.7 Å². The van der Waals surface area contributed by atoms with Gasteiger partial charge >= 0.3 is 0 Å². The number of hydrogen-bond donors (Lipinski definition) is 3. The highest BCUT2D eigenvalue weighted by Gasteiger charge is 2.12. The molecule has 0 aromatic heterocycles. The number of para-hydroxylation sites is 2. The van der Waals surface area contributed by atoms with Gasteiger partial charge in [0.05, 0.1) is 11.5 Å². The number of benzene rings is 2. The molecular weight excluding hydrogens is 358 g/mol. The highest BCUT2D eigenvalue weighted by atomic mass is 16.6. The molecule has 0 saturated heterocycles. The van der Waals surface area contributed by atoms with E-state index >= 15 is 0 Å². The summed E-state index contributed by atoms with van der Waals surface area (Å²) in [5.41, 5.74) is 3.13. The summed E-state index contributed by atoms with van der Waals surface area (Å²) in [5.74, 6) is 1.70. The van der Waals surface area contributed by atoms with Crippen LogP contribution in [0.5, 0.6) is 5.75 Å². The number of ether oxygens (including phenoxy) is 1. The summed E-state index contributed by atoms with van der Waals surface area (Å²) in [7, 11) is 1.72. The van der Waals surface area contributed by atoms with Gasteiger partial charge in [0.1, 0.15) is 11.4 Å². The fourth-order valence-electron chi connectivity index (χ4n) is 3.10. The molecule has 0 saturated carbocycles. The van der Waals surface area contributed by atoms with Crippen LogP contribution in [0.2, 0.25) is 0 Å². The van der Waals surface area contributed by atoms with Crippen LogP contribution >= 0.6 is 0 Å². The zero-order chi connectivity index (χ0) is 19.8. The Morgan fingerprint density at radius 1 is 1.18 bits per heavy atom. The normalized spacial score (nSPS) is 12.8. The van der Waals surface area contributed by atoms with E-state index in [0.29, 0.717) is 24.7 Å². The van der Waals surface area contributed by atoms with E-state index in [0.717, 1.165) is 31.7 Å². The Labute approximate surface area is 164 Å². The predicted molar refractivity (Wildman–Crippen MR) is 110 cm³/mol. The van der Waals surface area contributed by atoms with Crippen LogP contribution in [0.4, 0.5) is 11.4 Å². The lowest BCUT2D eigenvalue weighted by atomic mass is 10.1. The Balaban J connectivity index is 1.39. The number of anilines is 1. The van der Waals surface area contributed by atoms with Crippen molar-refractivity contribution in [3.8, 4) is 5.75 Å². The number of aliphatic imine (C=N–C) groups is 1. The van der Waals surface area contributed by atoms with Gasteiger partial charge in [0.2, 0.25) is 0 Å². The van der Waals surface area contributed by atoms with Crippen molar-refractivity contribution in [3.05, 3.63) is 63.7 Å². The fraction of sp³-hybridized carbons (Fsp3) is 0.350. The van der Waals surface area contributed by atoms with E-state index in [4.69, 9.17) is 4.74 Å². The lowest BCUT2D eigenvalue weighted by Crippen LogP contribution is -2.40. The van der Waals surface area contributed by atoms with Crippen LogP contribution in [0.3, 0.4) is 0 Å². The predicted octanol–water partition coefficient (Wildman–Crippen LogP) is 2.35. The average Bonchev–Trinajstić information content (AvgIpc) is 3.17. The number of hydrogen-bond acceptors (Lipinski definition) is 5. The molecule has 1 aliphatic rings. The minimum atomic E-state index is -0.388.